The molecule has 2 aromatic heterocycles. The van der Waals surface area contributed by atoms with Crippen molar-refractivity contribution in [3.05, 3.63) is 54.0 Å². The van der Waals surface area contributed by atoms with Crippen molar-refractivity contribution < 1.29 is 17.9 Å². The van der Waals surface area contributed by atoms with E-state index in [9.17, 15) is 13.2 Å². The van der Waals surface area contributed by atoms with Crippen LogP contribution < -0.4 is 14.8 Å². The van der Waals surface area contributed by atoms with Crippen LogP contribution in [0.15, 0.2) is 47.6 Å². The van der Waals surface area contributed by atoms with Crippen molar-refractivity contribution in [2.24, 2.45) is 12.5 Å². The molecule has 1 aliphatic rings. The number of benzene rings is 1. The van der Waals surface area contributed by atoms with Crippen LogP contribution in [0.4, 0.5) is 5.95 Å². The third-order valence-electron chi connectivity index (χ3n) is 5.36. The Morgan fingerprint density at radius 3 is 2.62 bits per heavy atom. The fourth-order valence-electron chi connectivity index (χ4n) is 3.37. The molecule has 0 spiro atoms. The molecule has 0 bridgehead atoms. The monoisotopic (exact) mass is 456 g/mol. The van der Waals surface area contributed by atoms with Gasteiger partial charge < -0.3 is 10.1 Å². The minimum atomic E-state index is -3.92. The van der Waals surface area contributed by atoms with Crippen molar-refractivity contribution in [2.45, 2.75) is 31.1 Å². The van der Waals surface area contributed by atoms with E-state index in [1.54, 1.807) is 44.4 Å². The quantitative estimate of drug-likeness (QED) is 0.559. The predicted octanol–water partition coefficient (Wildman–Crippen LogP) is 2.68. The van der Waals surface area contributed by atoms with Crippen molar-refractivity contribution in [3.8, 4) is 11.6 Å². The van der Waals surface area contributed by atoms with Crippen LogP contribution in [0.5, 0.6) is 11.6 Å². The van der Waals surface area contributed by atoms with E-state index in [1.165, 1.54) is 17.1 Å². The zero-order chi connectivity index (χ0) is 23.1. The number of anilines is 1. The summed E-state index contributed by atoms with van der Waals surface area (Å²) < 4.78 is 35.2. The Morgan fingerprint density at radius 2 is 2.00 bits per heavy atom. The summed E-state index contributed by atoms with van der Waals surface area (Å²) in [6.45, 7) is 4.24. The first kappa shape index (κ1) is 21.8. The van der Waals surface area contributed by atoms with E-state index in [-0.39, 0.29) is 34.0 Å². The summed E-state index contributed by atoms with van der Waals surface area (Å²) in [5.41, 5.74) is 1.18. The fraction of sp³-hybridized carbons (Fsp3) is 0.333. The molecule has 3 aromatic rings. The van der Waals surface area contributed by atoms with Crippen molar-refractivity contribution >= 4 is 21.9 Å². The van der Waals surface area contributed by atoms with Crippen molar-refractivity contribution in [2.75, 3.05) is 11.8 Å². The number of ether oxygens (including phenoxy) is 1. The summed E-state index contributed by atoms with van der Waals surface area (Å²) in [5, 5.41) is 6.46. The Bertz CT molecular complexity index is 1280. The molecule has 1 atom stereocenters. The smallest absolute Gasteiger partial charge is 0.267 e. The zero-order valence-electron chi connectivity index (χ0n) is 18.2. The van der Waals surface area contributed by atoms with E-state index in [2.05, 4.69) is 39.0 Å². The van der Waals surface area contributed by atoms with Crippen LogP contribution in [0.25, 0.3) is 0 Å². The lowest BCUT2D eigenvalue weighted by molar-refractivity contribution is 0.0962. The van der Waals surface area contributed by atoms with Gasteiger partial charge in [0.25, 0.3) is 15.9 Å². The fourth-order valence-corrected chi connectivity index (χ4v) is 4.30. The number of carbonyl (C=O) groups is 1. The molecule has 2 N–H and O–H groups in total. The highest BCUT2D eigenvalue weighted by molar-refractivity contribution is 7.92. The van der Waals surface area contributed by atoms with Crippen molar-refractivity contribution in [3.63, 3.8) is 0 Å². The van der Waals surface area contributed by atoms with Crippen molar-refractivity contribution in [1.82, 2.24) is 25.1 Å². The molecule has 1 saturated carbocycles. The Hall–Kier alpha value is -3.47. The van der Waals surface area contributed by atoms with Gasteiger partial charge in [0.1, 0.15) is 10.6 Å². The van der Waals surface area contributed by atoms with Crippen LogP contribution in [-0.4, -0.2) is 41.1 Å². The molecule has 32 heavy (non-hydrogen) atoms. The van der Waals surface area contributed by atoms with E-state index in [0.29, 0.717) is 17.0 Å². The third kappa shape index (κ3) is 4.57. The first-order chi connectivity index (χ1) is 15.1. The molecule has 10 nitrogen and oxygen atoms in total. The van der Waals surface area contributed by atoms with E-state index >= 15 is 0 Å². The highest BCUT2D eigenvalue weighted by Gasteiger charge is 2.48. The maximum absolute atomic E-state index is 12.7. The summed E-state index contributed by atoms with van der Waals surface area (Å²) >= 11 is 0. The summed E-state index contributed by atoms with van der Waals surface area (Å²) in [5.74, 6) is 0.393. The van der Waals surface area contributed by atoms with Gasteiger partial charge in [0, 0.05) is 37.8 Å². The van der Waals surface area contributed by atoms with Crippen LogP contribution in [0.1, 0.15) is 42.2 Å². The maximum atomic E-state index is 12.7. The van der Waals surface area contributed by atoms with Crippen LogP contribution >= 0.6 is 0 Å². The van der Waals surface area contributed by atoms with Crippen LogP contribution in [0.2, 0.25) is 0 Å². The SMILES string of the molecule is CNC(=O)c1cccc(Oc2cc(C3CC3(C)C)nc(NS(=O)(=O)c3cnn(C)c3)n2)c1. The average Bonchev–Trinajstić information content (AvgIpc) is 3.14. The third-order valence-corrected chi connectivity index (χ3v) is 6.64. The van der Waals surface area contributed by atoms with E-state index in [1.807, 2.05) is 0 Å². The molecule has 168 valence electrons. The zero-order valence-corrected chi connectivity index (χ0v) is 19.0. The second-order valence-corrected chi connectivity index (χ2v) is 10.0. The van der Waals surface area contributed by atoms with Gasteiger partial charge >= 0.3 is 0 Å². The van der Waals surface area contributed by atoms with Gasteiger partial charge in [0.2, 0.25) is 11.8 Å². The van der Waals surface area contributed by atoms with Gasteiger partial charge in [-0.05, 0) is 30.0 Å². The first-order valence-corrected chi connectivity index (χ1v) is 11.5. The molecule has 2 heterocycles. The molecule has 1 aromatic carbocycles. The van der Waals surface area contributed by atoms with E-state index < -0.39 is 10.0 Å². The van der Waals surface area contributed by atoms with Gasteiger partial charge in [0.15, 0.2) is 0 Å². The van der Waals surface area contributed by atoms with E-state index in [0.717, 1.165) is 6.42 Å². The largest absolute Gasteiger partial charge is 0.439 e. The Kier molecular flexibility index (Phi) is 5.37. The van der Waals surface area contributed by atoms with Crippen LogP contribution in [-0.2, 0) is 17.1 Å². The number of rotatable bonds is 7. The number of carbonyl (C=O) groups excluding carboxylic acids is 1. The number of hydrogen-bond donors (Lipinski definition) is 2. The molecule has 1 unspecified atom stereocenters. The second kappa shape index (κ2) is 7.90. The Morgan fingerprint density at radius 1 is 1.25 bits per heavy atom. The molecule has 4 rings (SSSR count). The minimum Gasteiger partial charge on any atom is -0.439 e. The number of hydrogen-bond acceptors (Lipinski definition) is 7. The predicted molar refractivity (Wildman–Crippen MR) is 117 cm³/mol. The topological polar surface area (TPSA) is 128 Å². The number of nitrogens with one attached hydrogen (secondary N) is 2. The number of sulfonamides is 1. The molecular weight excluding hydrogens is 432 g/mol. The van der Waals surface area contributed by atoms with Gasteiger partial charge in [-0.2, -0.15) is 10.1 Å². The molecular formula is C21H24N6O4S. The lowest BCUT2D eigenvalue weighted by Gasteiger charge is -2.12. The van der Waals surface area contributed by atoms with Gasteiger partial charge in [0.05, 0.1) is 11.9 Å². The maximum Gasteiger partial charge on any atom is 0.267 e. The summed E-state index contributed by atoms with van der Waals surface area (Å²) in [6.07, 6.45) is 3.56. The number of amides is 1. The molecule has 0 aliphatic heterocycles. The minimum absolute atomic E-state index is 0.00139. The van der Waals surface area contributed by atoms with E-state index in [4.69, 9.17) is 4.74 Å². The average molecular weight is 457 g/mol. The van der Waals surface area contributed by atoms with Crippen LogP contribution in [0.3, 0.4) is 0 Å². The lowest BCUT2D eigenvalue weighted by atomic mass is 10.1. The molecule has 1 aliphatic carbocycles. The van der Waals surface area contributed by atoms with Crippen LogP contribution in [0, 0.1) is 5.41 Å². The van der Waals surface area contributed by atoms with Gasteiger partial charge in [-0.15, -0.1) is 0 Å². The second-order valence-electron chi connectivity index (χ2n) is 8.36. The molecule has 1 amide bonds. The standard InChI is InChI=1S/C21H24N6O4S/c1-21(2)10-16(21)17-9-18(31-14-7-5-6-13(8-14)19(28)22-3)25-20(24-17)26-32(29,30)15-11-23-27(4)12-15/h5-9,11-12,16H,10H2,1-4H3,(H,22,28)(H,24,25,26). The summed E-state index contributed by atoms with van der Waals surface area (Å²) in [4.78, 5) is 20.6. The van der Waals surface area contributed by atoms with Gasteiger partial charge in [-0.1, -0.05) is 19.9 Å². The lowest BCUT2D eigenvalue weighted by Crippen LogP contribution is -2.17. The van der Waals surface area contributed by atoms with Gasteiger partial charge in [-0.25, -0.2) is 18.1 Å². The highest BCUT2D eigenvalue weighted by Crippen LogP contribution is 2.58. The van der Waals surface area contributed by atoms with Gasteiger partial charge in [-0.3, -0.25) is 9.48 Å². The Labute approximate surface area is 186 Å². The molecule has 11 heteroatoms. The number of nitrogens with zero attached hydrogens (tertiary/aromatic N) is 4. The molecule has 0 radical (unpaired) electrons. The number of aromatic nitrogens is 4. The highest BCUT2D eigenvalue weighted by atomic mass is 32.2. The first-order valence-electron chi connectivity index (χ1n) is 9.98. The number of aryl methyl sites for hydroxylation is 1. The Balaban J connectivity index is 1.67. The normalized spacial score (nSPS) is 16.9. The summed E-state index contributed by atoms with van der Waals surface area (Å²) in [7, 11) is -0.746. The molecule has 1 fully saturated rings. The molecule has 0 saturated heterocycles. The van der Waals surface area contributed by atoms with Crippen molar-refractivity contribution in [1.29, 1.82) is 0 Å². The summed E-state index contributed by atoms with van der Waals surface area (Å²) in [6, 6.07) is 8.33.